The zero-order valence-electron chi connectivity index (χ0n) is 11.2. The largest absolute Gasteiger partial charge is 0.316 e. The van der Waals surface area contributed by atoms with E-state index < -0.39 is 0 Å². The topological polar surface area (TPSA) is 38.9 Å². The summed E-state index contributed by atoms with van der Waals surface area (Å²) in [6, 6.07) is 6.68. The van der Waals surface area contributed by atoms with Crippen LogP contribution in [-0.2, 0) is 24.8 Å². The molecule has 2 aliphatic carbocycles. The molecule has 0 aliphatic heterocycles. The standard InChI is InChI=1S/C16H18N2S/c1-10-5-6-11-7-8-16(17,12(11)9-10)15-18-13-3-2-4-14(13)19-15/h5-6,9H,2-4,7-8,17H2,1H3. The third kappa shape index (κ3) is 1.61. The zero-order valence-corrected chi connectivity index (χ0v) is 12.0. The molecule has 2 aromatic rings. The van der Waals surface area contributed by atoms with Gasteiger partial charge in [0.15, 0.2) is 0 Å². The van der Waals surface area contributed by atoms with E-state index in [2.05, 4.69) is 25.1 Å². The molecule has 1 heterocycles. The second-order valence-corrected chi connectivity index (χ2v) is 6.96. The Morgan fingerprint density at radius 2 is 2.16 bits per heavy atom. The van der Waals surface area contributed by atoms with E-state index in [1.165, 1.54) is 40.1 Å². The fourth-order valence-electron chi connectivity index (χ4n) is 3.39. The Kier molecular flexibility index (Phi) is 2.39. The normalized spacial score (nSPS) is 24.5. The van der Waals surface area contributed by atoms with Crippen molar-refractivity contribution in [2.45, 2.75) is 44.6 Å². The van der Waals surface area contributed by atoms with Gasteiger partial charge in [0, 0.05) is 4.88 Å². The van der Waals surface area contributed by atoms with Gasteiger partial charge in [-0.3, -0.25) is 0 Å². The van der Waals surface area contributed by atoms with Crippen LogP contribution in [0.5, 0.6) is 0 Å². The molecular formula is C16H18N2S. The molecule has 2 N–H and O–H groups in total. The summed E-state index contributed by atoms with van der Waals surface area (Å²) in [7, 11) is 0. The first-order chi connectivity index (χ1) is 9.17. The van der Waals surface area contributed by atoms with Gasteiger partial charge in [-0.15, -0.1) is 11.3 Å². The van der Waals surface area contributed by atoms with Crippen LogP contribution >= 0.6 is 11.3 Å². The van der Waals surface area contributed by atoms with Crippen molar-refractivity contribution in [3.05, 3.63) is 50.5 Å². The second-order valence-electron chi connectivity index (χ2n) is 5.87. The molecule has 0 spiro atoms. The Bertz CT molecular complexity index is 637. The van der Waals surface area contributed by atoms with Crippen LogP contribution < -0.4 is 5.73 Å². The summed E-state index contributed by atoms with van der Waals surface area (Å²) in [5.41, 5.74) is 11.7. The molecule has 2 nitrogen and oxygen atoms in total. The number of thiazole rings is 1. The lowest BCUT2D eigenvalue weighted by Gasteiger charge is -2.23. The zero-order chi connectivity index (χ0) is 13.0. The first-order valence-electron chi connectivity index (χ1n) is 7.05. The summed E-state index contributed by atoms with van der Waals surface area (Å²) in [4.78, 5) is 6.34. The molecule has 0 saturated carbocycles. The molecular weight excluding hydrogens is 252 g/mol. The van der Waals surface area contributed by atoms with E-state index in [9.17, 15) is 0 Å². The molecule has 98 valence electrons. The first kappa shape index (κ1) is 11.6. The summed E-state index contributed by atoms with van der Waals surface area (Å²) >= 11 is 1.85. The Labute approximate surface area is 117 Å². The van der Waals surface area contributed by atoms with Gasteiger partial charge in [0.25, 0.3) is 0 Å². The van der Waals surface area contributed by atoms with Crippen LogP contribution in [0.2, 0.25) is 0 Å². The fourth-order valence-corrected chi connectivity index (χ4v) is 4.69. The molecule has 4 rings (SSSR count). The molecule has 0 amide bonds. The highest BCUT2D eigenvalue weighted by Gasteiger charge is 2.40. The Balaban J connectivity index is 1.85. The molecule has 0 bridgehead atoms. The van der Waals surface area contributed by atoms with Gasteiger partial charge in [-0.2, -0.15) is 0 Å². The number of aromatic nitrogens is 1. The van der Waals surface area contributed by atoms with E-state index in [4.69, 9.17) is 10.7 Å². The van der Waals surface area contributed by atoms with Crippen molar-refractivity contribution >= 4 is 11.3 Å². The Morgan fingerprint density at radius 3 is 3.00 bits per heavy atom. The van der Waals surface area contributed by atoms with Gasteiger partial charge in [-0.25, -0.2) is 4.98 Å². The maximum absolute atomic E-state index is 6.77. The van der Waals surface area contributed by atoms with Gasteiger partial charge < -0.3 is 5.73 Å². The lowest BCUT2D eigenvalue weighted by atomic mass is 9.92. The summed E-state index contributed by atoms with van der Waals surface area (Å²) in [6.45, 7) is 2.14. The van der Waals surface area contributed by atoms with Crippen molar-refractivity contribution in [2.24, 2.45) is 5.73 Å². The quantitative estimate of drug-likeness (QED) is 0.865. The minimum Gasteiger partial charge on any atom is -0.316 e. The number of nitrogens with two attached hydrogens (primary N) is 1. The van der Waals surface area contributed by atoms with Crippen molar-refractivity contribution in [1.29, 1.82) is 0 Å². The van der Waals surface area contributed by atoms with Gasteiger partial charge in [-0.1, -0.05) is 23.8 Å². The van der Waals surface area contributed by atoms with Gasteiger partial charge in [0.1, 0.15) is 5.01 Å². The Morgan fingerprint density at radius 1 is 1.26 bits per heavy atom. The van der Waals surface area contributed by atoms with Crippen LogP contribution in [0.1, 0.15) is 45.1 Å². The molecule has 19 heavy (non-hydrogen) atoms. The van der Waals surface area contributed by atoms with Crippen LogP contribution in [0.4, 0.5) is 0 Å². The van der Waals surface area contributed by atoms with Crippen molar-refractivity contribution in [3.63, 3.8) is 0 Å². The van der Waals surface area contributed by atoms with Crippen LogP contribution in [0, 0.1) is 6.92 Å². The molecule has 3 heteroatoms. The monoisotopic (exact) mass is 270 g/mol. The van der Waals surface area contributed by atoms with E-state index in [-0.39, 0.29) is 5.54 Å². The van der Waals surface area contributed by atoms with Gasteiger partial charge in [0.05, 0.1) is 11.2 Å². The molecule has 2 aliphatic rings. The average molecular weight is 270 g/mol. The predicted molar refractivity (Wildman–Crippen MR) is 78.6 cm³/mol. The number of aryl methyl sites for hydroxylation is 4. The van der Waals surface area contributed by atoms with Gasteiger partial charge in [0.2, 0.25) is 0 Å². The maximum atomic E-state index is 6.77. The van der Waals surface area contributed by atoms with E-state index >= 15 is 0 Å². The molecule has 1 aromatic heterocycles. The minimum atomic E-state index is -0.337. The van der Waals surface area contributed by atoms with Crippen LogP contribution in [0.15, 0.2) is 18.2 Å². The molecule has 0 radical (unpaired) electrons. The van der Waals surface area contributed by atoms with Crippen LogP contribution in [0.3, 0.4) is 0 Å². The number of benzene rings is 1. The second kappa shape index (κ2) is 3.90. The highest BCUT2D eigenvalue weighted by molar-refractivity contribution is 7.12. The summed E-state index contributed by atoms with van der Waals surface area (Å²) in [6.07, 6.45) is 5.68. The molecule has 0 fully saturated rings. The van der Waals surface area contributed by atoms with Crippen LogP contribution in [-0.4, -0.2) is 4.98 Å². The third-order valence-electron chi connectivity index (χ3n) is 4.51. The summed E-state index contributed by atoms with van der Waals surface area (Å²) < 4.78 is 0. The minimum absolute atomic E-state index is 0.337. The number of nitrogens with zero attached hydrogens (tertiary/aromatic N) is 1. The predicted octanol–water partition coefficient (Wildman–Crippen LogP) is 3.09. The van der Waals surface area contributed by atoms with Crippen LogP contribution in [0.25, 0.3) is 0 Å². The Hall–Kier alpha value is -1.19. The van der Waals surface area contributed by atoms with E-state index in [1.807, 2.05) is 11.3 Å². The van der Waals surface area contributed by atoms with Crippen molar-refractivity contribution < 1.29 is 0 Å². The summed E-state index contributed by atoms with van der Waals surface area (Å²) in [5.74, 6) is 0. The molecule has 0 saturated heterocycles. The average Bonchev–Trinajstić information content (AvgIpc) is 3.03. The first-order valence-corrected chi connectivity index (χ1v) is 7.86. The van der Waals surface area contributed by atoms with Crippen molar-refractivity contribution in [1.82, 2.24) is 4.98 Å². The van der Waals surface area contributed by atoms with Crippen molar-refractivity contribution in [2.75, 3.05) is 0 Å². The highest BCUT2D eigenvalue weighted by Crippen LogP contribution is 2.43. The highest BCUT2D eigenvalue weighted by atomic mass is 32.1. The van der Waals surface area contributed by atoms with Gasteiger partial charge >= 0.3 is 0 Å². The lowest BCUT2D eigenvalue weighted by molar-refractivity contribution is 0.529. The van der Waals surface area contributed by atoms with E-state index in [0.29, 0.717) is 0 Å². The molecule has 1 unspecified atom stereocenters. The number of fused-ring (bicyclic) bond motifs is 2. The smallest absolute Gasteiger partial charge is 0.118 e. The maximum Gasteiger partial charge on any atom is 0.118 e. The fraction of sp³-hybridized carbons (Fsp3) is 0.438. The number of hydrogen-bond donors (Lipinski definition) is 1. The van der Waals surface area contributed by atoms with E-state index in [1.54, 1.807) is 0 Å². The lowest BCUT2D eigenvalue weighted by Crippen LogP contribution is -2.35. The molecule has 1 atom stereocenters. The van der Waals surface area contributed by atoms with E-state index in [0.717, 1.165) is 24.3 Å². The van der Waals surface area contributed by atoms with Crippen molar-refractivity contribution in [3.8, 4) is 0 Å². The third-order valence-corrected chi connectivity index (χ3v) is 5.85. The SMILES string of the molecule is Cc1ccc2c(c1)C(N)(c1nc3c(s1)CCC3)CC2. The number of hydrogen-bond acceptors (Lipinski definition) is 3. The molecule has 1 aromatic carbocycles. The number of rotatable bonds is 1. The van der Waals surface area contributed by atoms with Gasteiger partial charge in [-0.05, 0) is 50.2 Å². The summed E-state index contributed by atoms with van der Waals surface area (Å²) in [5, 5.41) is 1.14.